The molecule has 0 radical (unpaired) electrons. The van der Waals surface area contributed by atoms with Gasteiger partial charge in [-0.05, 0) is 54.6 Å². The van der Waals surface area contributed by atoms with Crippen LogP contribution in [0.25, 0.3) is 6.08 Å². The van der Waals surface area contributed by atoms with E-state index in [1.165, 1.54) is 27.8 Å². The fourth-order valence-electron chi connectivity index (χ4n) is 2.69. The lowest BCUT2D eigenvalue weighted by molar-refractivity contribution is 1.15. The van der Waals surface area contributed by atoms with Gasteiger partial charge in [-0.2, -0.15) is 0 Å². The quantitative estimate of drug-likeness (QED) is 0.634. The van der Waals surface area contributed by atoms with Crippen LogP contribution in [0.5, 0.6) is 0 Å². The lowest BCUT2D eigenvalue weighted by Crippen LogP contribution is -1.89. The van der Waals surface area contributed by atoms with Gasteiger partial charge in [-0.3, -0.25) is 0 Å². The second-order valence-electron chi connectivity index (χ2n) is 4.99. The highest BCUT2D eigenvalue weighted by Crippen LogP contribution is 2.54. The van der Waals surface area contributed by atoms with Gasteiger partial charge < -0.3 is 0 Å². The molecule has 1 unspecified atom stereocenters. The highest BCUT2D eigenvalue weighted by atomic mass is 31.1. The molecule has 17 heavy (non-hydrogen) atoms. The van der Waals surface area contributed by atoms with Crippen molar-refractivity contribution in [2.24, 2.45) is 0 Å². The van der Waals surface area contributed by atoms with E-state index in [0.29, 0.717) is 5.66 Å². The molecule has 1 heterocycles. The molecule has 1 heteroatoms. The maximum Gasteiger partial charge on any atom is 0.0440 e. The van der Waals surface area contributed by atoms with Crippen molar-refractivity contribution in [1.29, 1.82) is 0 Å². The standard InChI is InChI=1S/C16H17P/c1-11-8-14-6-4-5-7-15(14)16(11)17-9-12(2)13(3)10-17/h4-10,16H,1-3H3. The van der Waals surface area contributed by atoms with Crippen LogP contribution in [0.3, 0.4) is 0 Å². The van der Waals surface area contributed by atoms with Crippen molar-refractivity contribution in [3.63, 3.8) is 0 Å². The first-order chi connectivity index (χ1) is 8.16. The molecule has 2 aromatic rings. The summed E-state index contributed by atoms with van der Waals surface area (Å²) in [6.45, 7) is 6.74. The van der Waals surface area contributed by atoms with E-state index >= 15 is 0 Å². The highest BCUT2D eigenvalue weighted by Gasteiger charge is 2.24. The Labute approximate surface area is 104 Å². The lowest BCUT2D eigenvalue weighted by Gasteiger charge is -2.13. The Morgan fingerprint density at radius 2 is 1.59 bits per heavy atom. The Hall–Kier alpha value is -1.26. The fourth-order valence-corrected chi connectivity index (χ4v) is 5.47. The summed E-state index contributed by atoms with van der Waals surface area (Å²) in [5, 5.41) is 0. The third-order valence-electron chi connectivity index (χ3n) is 3.71. The Kier molecular flexibility index (Phi) is 2.49. The van der Waals surface area contributed by atoms with E-state index in [9.17, 15) is 0 Å². The van der Waals surface area contributed by atoms with Crippen molar-refractivity contribution in [3.8, 4) is 0 Å². The molecule has 1 aromatic carbocycles. The molecule has 1 aliphatic carbocycles. The Balaban J connectivity index is 2.13. The number of fused-ring (bicyclic) bond motifs is 1. The zero-order chi connectivity index (χ0) is 12.0. The van der Waals surface area contributed by atoms with Crippen LogP contribution in [0.2, 0.25) is 0 Å². The van der Waals surface area contributed by atoms with Crippen LogP contribution in [-0.2, 0) is 0 Å². The number of benzene rings is 1. The number of aryl methyl sites for hydroxylation is 2. The van der Waals surface area contributed by atoms with E-state index < -0.39 is 0 Å². The Bertz CT molecular complexity index is 582. The van der Waals surface area contributed by atoms with Crippen LogP contribution >= 0.6 is 7.53 Å². The molecule has 0 amide bonds. The highest BCUT2D eigenvalue weighted by molar-refractivity contribution is 7.49. The largest absolute Gasteiger partial charge is 0.112 e. The SMILES string of the molecule is CC1=Cc2ccccc2C1p1cc(C)c(C)c1. The maximum atomic E-state index is 2.48. The van der Waals surface area contributed by atoms with Gasteiger partial charge in [0.05, 0.1) is 0 Å². The van der Waals surface area contributed by atoms with E-state index in [0.717, 1.165) is 0 Å². The van der Waals surface area contributed by atoms with E-state index in [2.05, 4.69) is 62.7 Å². The predicted octanol–water partition coefficient (Wildman–Crippen LogP) is 5.30. The van der Waals surface area contributed by atoms with E-state index in [1.54, 1.807) is 0 Å². The molecule has 0 fully saturated rings. The van der Waals surface area contributed by atoms with Gasteiger partial charge in [-0.1, -0.05) is 35.9 Å². The van der Waals surface area contributed by atoms with E-state index in [-0.39, 0.29) is 7.53 Å². The minimum absolute atomic E-state index is 0.143. The van der Waals surface area contributed by atoms with Gasteiger partial charge in [-0.15, -0.1) is 7.53 Å². The van der Waals surface area contributed by atoms with Crippen molar-refractivity contribution in [1.82, 2.24) is 0 Å². The normalized spacial score (nSPS) is 18.1. The summed E-state index contributed by atoms with van der Waals surface area (Å²) in [6, 6.07) is 8.82. The molecule has 0 nitrogen and oxygen atoms in total. The van der Waals surface area contributed by atoms with Gasteiger partial charge in [0.2, 0.25) is 0 Å². The van der Waals surface area contributed by atoms with Gasteiger partial charge in [0.1, 0.15) is 0 Å². The van der Waals surface area contributed by atoms with Crippen LogP contribution in [0.15, 0.2) is 41.4 Å². The zero-order valence-electron chi connectivity index (χ0n) is 10.6. The van der Waals surface area contributed by atoms with Crippen LogP contribution in [-0.4, -0.2) is 0 Å². The maximum absolute atomic E-state index is 2.48. The molecule has 1 aromatic heterocycles. The van der Waals surface area contributed by atoms with E-state index in [1.807, 2.05) is 0 Å². The molecule has 1 atom stereocenters. The molecule has 0 spiro atoms. The van der Waals surface area contributed by atoms with Crippen molar-refractivity contribution in [2.45, 2.75) is 26.4 Å². The van der Waals surface area contributed by atoms with Crippen molar-refractivity contribution in [3.05, 3.63) is 63.7 Å². The summed E-state index contributed by atoms with van der Waals surface area (Å²) in [5.41, 5.74) is 8.01. The molecule has 0 saturated heterocycles. The fraction of sp³-hybridized carbons (Fsp3) is 0.250. The third-order valence-corrected chi connectivity index (χ3v) is 6.36. The summed E-state index contributed by atoms with van der Waals surface area (Å²) in [7, 11) is -0.143. The van der Waals surface area contributed by atoms with Crippen LogP contribution < -0.4 is 0 Å². The number of rotatable bonds is 1. The van der Waals surface area contributed by atoms with Gasteiger partial charge in [-0.25, -0.2) is 0 Å². The minimum atomic E-state index is -0.143. The summed E-state index contributed by atoms with van der Waals surface area (Å²) < 4.78 is 0. The Morgan fingerprint density at radius 1 is 0.941 bits per heavy atom. The van der Waals surface area contributed by atoms with Crippen molar-refractivity contribution < 1.29 is 0 Å². The molecular formula is C16H17P. The number of hydrogen-bond acceptors (Lipinski definition) is 0. The average Bonchev–Trinajstić information content (AvgIpc) is 2.78. The topological polar surface area (TPSA) is 0 Å². The molecule has 86 valence electrons. The second kappa shape index (κ2) is 3.89. The second-order valence-corrected chi connectivity index (χ2v) is 6.92. The molecule has 0 aliphatic heterocycles. The zero-order valence-corrected chi connectivity index (χ0v) is 11.5. The number of hydrogen-bond donors (Lipinski definition) is 0. The van der Waals surface area contributed by atoms with Crippen molar-refractivity contribution >= 4 is 13.6 Å². The molecule has 0 N–H and O–H groups in total. The predicted molar refractivity (Wildman–Crippen MR) is 76.9 cm³/mol. The van der Waals surface area contributed by atoms with E-state index in [4.69, 9.17) is 0 Å². The van der Waals surface area contributed by atoms with Crippen LogP contribution in [0.4, 0.5) is 0 Å². The third kappa shape index (κ3) is 1.68. The molecular weight excluding hydrogens is 223 g/mol. The summed E-state index contributed by atoms with van der Waals surface area (Å²) in [4.78, 5) is 0. The smallest absolute Gasteiger partial charge is 0.0440 e. The average molecular weight is 240 g/mol. The summed E-state index contributed by atoms with van der Waals surface area (Å²) >= 11 is 0. The molecule has 0 bridgehead atoms. The summed E-state index contributed by atoms with van der Waals surface area (Å²) in [5.74, 6) is 4.96. The van der Waals surface area contributed by atoms with Crippen LogP contribution in [0.1, 0.15) is 34.8 Å². The van der Waals surface area contributed by atoms with Crippen molar-refractivity contribution in [2.75, 3.05) is 0 Å². The van der Waals surface area contributed by atoms with Gasteiger partial charge >= 0.3 is 0 Å². The van der Waals surface area contributed by atoms with Crippen LogP contribution in [0, 0.1) is 13.8 Å². The van der Waals surface area contributed by atoms with Gasteiger partial charge in [0, 0.05) is 5.66 Å². The minimum Gasteiger partial charge on any atom is -0.112 e. The number of allylic oxidation sites excluding steroid dienone is 1. The first kappa shape index (κ1) is 10.9. The molecule has 3 rings (SSSR count). The van der Waals surface area contributed by atoms with Gasteiger partial charge in [0.15, 0.2) is 0 Å². The monoisotopic (exact) mass is 240 g/mol. The molecule has 1 aliphatic rings. The first-order valence-corrected chi connectivity index (χ1v) is 7.63. The summed E-state index contributed by atoms with van der Waals surface area (Å²) in [6.07, 6.45) is 2.35. The first-order valence-electron chi connectivity index (χ1n) is 6.08. The lowest BCUT2D eigenvalue weighted by atomic mass is 10.1. The van der Waals surface area contributed by atoms with Gasteiger partial charge in [0.25, 0.3) is 0 Å². The molecule has 0 saturated carbocycles. The Morgan fingerprint density at radius 3 is 2.29 bits per heavy atom.